The van der Waals surface area contributed by atoms with Crippen LogP contribution in [-0.2, 0) is 20.8 Å². The van der Waals surface area contributed by atoms with Crippen LogP contribution in [0.4, 0.5) is 0 Å². The topological polar surface area (TPSA) is 42.0 Å². The summed E-state index contributed by atoms with van der Waals surface area (Å²) in [7, 11) is 0. The summed E-state index contributed by atoms with van der Waals surface area (Å²) in [4.78, 5) is 16.7. The molecule has 0 aromatic heterocycles. The first-order valence-corrected chi connectivity index (χ1v) is 8.46. The van der Waals surface area contributed by atoms with Crippen molar-refractivity contribution in [2.24, 2.45) is 0 Å². The Hall–Kier alpha value is -0.950. The van der Waals surface area contributed by atoms with E-state index in [9.17, 15) is 4.79 Å². The first-order chi connectivity index (χ1) is 10.7. The van der Waals surface area contributed by atoms with Gasteiger partial charge in [0.1, 0.15) is 6.10 Å². The van der Waals surface area contributed by atoms with Gasteiger partial charge in [-0.1, -0.05) is 28.1 Å². The molecule has 2 fully saturated rings. The van der Waals surface area contributed by atoms with E-state index in [0.29, 0.717) is 39.5 Å². The molecule has 22 heavy (non-hydrogen) atoms. The Labute approximate surface area is 139 Å². The van der Waals surface area contributed by atoms with Crippen LogP contribution in [0, 0.1) is 0 Å². The van der Waals surface area contributed by atoms with E-state index in [1.807, 2.05) is 17.0 Å². The maximum Gasteiger partial charge on any atom is 0.253 e. The lowest BCUT2D eigenvalue weighted by atomic mass is 10.1. The molecular weight excluding hydrogens is 348 g/mol. The van der Waals surface area contributed by atoms with Crippen molar-refractivity contribution >= 4 is 21.8 Å². The van der Waals surface area contributed by atoms with Gasteiger partial charge in [0.2, 0.25) is 0 Å². The normalized spacial score (nSPS) is 23.5. The van der Waals surface area contributed by atoms with Gasteiger partial charge in [0.25, 0.3) is 5.91 Å². The zero-order chi connectivity index (χ0) is 15.4. The highest BCUT2D eigenvalue weighted by Gasteiger charge is 2.30. The SMILES string of the molecule is O=C(C1CN(Cc2ccc(Br)cc2)CCO1)N1CCOCC1. The van der Waals surface area contributed by atoms with Gasteiger partial charge in [-0.15, -0.1) is 0 Å². The lowest BCUT2D eigenvalue weighted by molar-refractivity contribution is -0.153. The minimum absolute atomic E-state index is 0.101. The molecule has 1 amide bonds. The number of carbonyl (C=O) groups excluding carboxylic acids is 1. The number of morpholine rings is 2. The molecular formula is C16H21BrN2O3. The van der Waals surface area contributed by atoms with Crippen LogP contribution < -0.4 is 0 Å². The van der Waals surface area contributed by atoms with E-state index in [-0.39, 0.29) is 12.0 Å². The summed E-state index contributed by atoms with van der Waals surface area (Å²) in [5.74, 6) is 0.101. The number of carbonyl (C=O) groups is 1. The lowest BCUT2D eigenvalue weighted by Gasteiger charge is -2.36. The standard InChI is InChI=1S/C16H21BrN2O3/c17-14-3-1-13(2-4-14)11-18-5-10-22-15(12-18)16(20)19-6-8-21-9-7-19/h1-4,15H,5-12H2. The van der Waals surface area contributed by atoms with Gasteiger partial charge in [-0.25, -0.2) is 0 Å². The fraction of sp³-hybridized carbons (Fsp3) is 0.562. The molecule has 1 atom stereocenters. The Balaban J connectivity index is 1.56. The van der Waals surface area contributed by atoms with Crippen LogP contribution >= 0.6 is 15.9 Å². The van der Waals surface area contributed by atoms with Gasteiger partial charge in [0, 0.05) is 37.2 Å². The molecule has 1 unspecified atom stereocenters. The van der Waals surface area contributed by atoms with Crippen molar-refractivity contribution in [2.45, 2.75) is 12.6 Å². The fourth-order valence-electron chi connectivity index (χ4n) is 2.83. The molecule has 0 saturated carbocycles. The quantitative estimate of drug-likeness (QED) is 0.810. The highest BCUT2D eigenvalue weighted by atomic mass is 79.9. The van der Waals surface area contributed by atoms with Crippen LogP contribution in [0.2, 0.25) is 0 Å². The number of amides is 1. The van der Waals surface area contributed by atoms with Crippen LogP contribution in [0.1, 0.15) is 5.56 Å². The minimum Gasteiger partial charge on any atom is -0.378 e. The molecule has 2 saturated heterocycles. The van der Waals surface area contributed by atoms with Crippen LogP contribution in [0.15, 0.2) is 28.7 Å². The first-order valence-electron chi connectivity index (χ1n) is 7.67. The fourth-order valence-corrected chi connectivity index (χ4v) is 3.10. The smallest absolute Gasteiger partial charge is 0.253 e. The summed E-state index contributed by atoms with van der Waals surface area (Å²) in [6.07, 6.45) is -0.345. The number of ether oxygens (including phenoxy) is 2. The number of halogens is 1. The molecule has 120 valence electrons. The minimum atomic E-state index is -0.345. The van der Waals surface area contributed by atoms with E-state index in [1.165, 1.54) is 5.56 Å². The predicted octanol–water partition coefficient (Wildman–Crippen LogP) is 1.51. The van der Waals surface area contributed by atoms with E-state index < -0.39 is 0 Å². The van der Waals surface area contributed by atoms with Crippen molar-refractivity contribution in [3.05, 3.63) is 34.3 Å². The molecule has 2 aliphatic heterocycles. The van der Waals surface area contributed by atoms with Crippen LogP contribution in [0.3, 0.4) is 0 Å². The highest BCUT2D eigenvalue weighted by molar-refractivity contribution is 9.10. The second kappa shape index (κ2) is 7.55. The summed E-state index contributed by atoms with van der Waals surface area (Å²) in [6.45, 7) is 5.58. The Kier molecular flexibility index (Phi) is 5.46. The Morgan fingerprint density at radius 1 is 1.14 bits per heavy atom. The second-order valence-corrected chi connectivity index (χ2v) is 6.57. The second-order valence-electron chi connectivity index (χ2n) is 5.66. The number of rotatable bonds is 3. The van der Waals surface area contributed by atoms with Gasteiger partial charge in [-0.3, -0.25) is 9.69 Å². The average molecular weight is 369 g/mol. The predicted molar refractivity (Wildman–Crippen MR) is 86.6 cm³/mol. The van der Waals surface area contributed by atoms with Crippen molar-refractivity contribution in [2.75, 3.05) is 46.0 Å². The molecule has 0 N–H and O–H groups in total. The molecule has 2 aliphatic rings. The van der Waals surface area contributed by atoms with E-state index in [2.05, 4.69) is 33.0 Å². The van der Waals surface area contributed by atoms with Crippen molar-refractivity contribution in [1.82, 2.24) is 9.80 Å². The average Bonchev–Trinajstić information content (AvgIpc) is 2.57. The van der Waals surface area contributed by atoms with E-state index in [1.54, 1.807) is 0 Å². The third-order valence-electron chi connectivity index (χ3n) is 4.07. The summed E-state index contributed by atoms with van der Waals surface area (Å²) in [5.41, 5.74) is 1.25. The van der Waals surface area contributed by atoms with Gasteiger partial charge < -0.3 is 14.4 Å². The molecule has 1 aromatic carbocycles. The van der Waals surface area contributed by atoms with Crippen molar-refractivity contribution in [3.8, 4) is 0 Å². The Morgan fingerprint density at radius 2 is 1.86 bits per heavy atom. The van der Waals surface area contributed by atoms with Gasteiger partial charge >= 0.3 is 0 Å². The number of nitrogens with zero attached hydrogens (tertiary/aromatic N) is 2. The number of hydrogen-bond acceptors (Lipinski definition) is 4. The molecule has 0 spiro atoms. The summed E-state index contributed by atoms with van der Waals surface area (Å²) < 4.78 is 12.1. The third-order valence-corrected chi connectivity index (χ3v) is 4.60. The summed E-state index contributed by atoms with van der Waals surface area (Å²) >= 11 is 3.45. The lowest BCUT2D eigenvalue weighted by Crippen LogP contribution is -2.53. The van der Waals surface area contributed by atoms with Gasteiger partial charge in [0.05, 0.1) is 19.8 Å². The maximum absolute atomic E-state index is 12.5. The highest BCUT2D eigenvalue weighted by Crippen LogP contribution is 2.15. The largest absolute Gasteiger partial charge is 0.378 e. The van der Waals surface area contributed by atoms with Gasteiger partial charge in [0.15, 0.2) is 0 Å². The molecule has 0 bridgehead atoms. The monoisotopic (exact) mass is 368 g/mol. The summed E-state index contributed by atoms with van der Waals surface area (Å²) in [5, 5.41) is 0. The van der Waals surface area contributed by atoms with Crippen LogP contribution in [0.5, 0.6) is 0 Å². The number of hydrogen-bond donors (Lipinski definition) is 0. The zero-order valence-corrected chi connectivity index (χ0v) is 14.1. The third kappa shape index (κ3) is 4.07. The molecule has 3 rings (SSSR count). The van der Waals surface area contributed by atoms with E-state index in [0.717, 1.165) is 17.6 Å². The molecule has 1 aromatic rings. The number of benzene rings is 1. The molecule has 0 aliphatic carbocycles. The summed E-state index contributed by atoms with van der Waals surface area (Å²) in [6, 6.07) is 8.31. The van der Waals surface area contributed by atoms with E-state index >= 15 is 0 Å². The molecule has 6 heteroatoms. The van der Waals surface area contributed by atoms with Gasteiger partial charge in [-0.05, 0) is 17.7 Å². The van der Waals surface area contributed by atoms with Gasteiger partial charge in [-0.2, -0.15) is 0 Å². The van der Waals surface area contributed by atoms with Crippen molar-refractivity contribution < 1.29 is 14.3 Å². The Bertz CT molecular complexity index is 503. The molecule has 2 heterocycles. The van der Waals surface area contributed by atoms with Crippen molar-refractivity contribution in [3.63, 3.8) is 0 Å². The Morgan fingerprint density at radius 3 is 2.59 bits per heavy atom. The molecule has 0 radical (unpaired) electrons. The van der Waals surface area contributed by atoms with Crippen LogP contribution in [0.25, 0.3) is 0 Å². The van der Waals surface area contributed by atoms with Crippen molar-refractivity contribution in [1.29, 1.82) is 0 Å². The van der Waals surface area contributed by atoms with Crippen LogP contribution in [-0.4, -0.2) is 67.8 Å². The first kappa shape index (κ1) is 15.9. The maximum atomic E-state index is 12.5. The molecule has 5 nitrogen and oxygen atoms in total. The zero-order valence-electron chi connectivity index (χ0n) is 12.5. The van der Waals surface area contributed by atoms with E-state index in [4.69, 9.17) is 9.47 Å².